The van der Waals surface area contributed by atoms with E-state index in [9.17, 15) is 4.79 Å². The van der Waals surface area contributed by atoms with Crippen LogP contribution in [0.25, 0.3) is 11.0 Å². The van der Waals surface area contributed by atoms with Crippen molar-refractivity contribution in [3.05, 3.63) is 30.0 Å². The summed E-state index contributed by atoms with van der Waals surface area (Å²) in [6.45, 7) is 7.30. The Hall–Kier alpha value is -2.21. The maximum atomic E-state index is 11.6. The van der Waals surface area contributed by atoms with Crippen molar-refractivity contribution in [2.45, 2.75) is 39.3 Å². The first-order valence-electron chi connectivity index (χ1n) is 7.11. The van der Waals surface area contributed by atoms with Gasteiger partial charge in [0, 0.05) is 5.39 Å². The number of rotatable bonds is 4. The SMILES string of the molecule is COc1cccc2cc(C(C)NNC(=O)OC(C)(C)C)oc12. The molecule has 2 rings (SSSR count). The van der Waals surface area contributed by atoms with E-state index in [2.05, 4.69) is 10.9 Å². The number of nitrogens with one attached hydrogen (secondary N) is 2. The number of methoxy groups -OCH3 is 1. The maximum Gasteiger partial charge on any atom is 0.422 e. The molecule has 0 saturated carbocycles. The molecule has 1 aromatic heterocycles. The predicted octanol–water partition coefficient (Wildman–Crippen LogP) is 3.53. The number of hydrogen-bond donors (Lipinski definition) is 2. The number of carbonyl (C=O) groups excluding carboxylic acids is 1. The third-order valence-corrected chi connectivity index (χ3v) is 2.96. The monoisotopic (exact) mass is 306 g/mol. The van der Waals surface area contributed by atoms with Crippen molar-refractivity contribution in [2.75, 3.05) is 7.11 Å². The van der Waals surface area contributed by atoms with Crippen LogP contribution in [0.15, 0.2) is 28.7 Å². The van der Waals surface area contributed by atoms with Crippen LogP contribution in [0, 0.1) is 0 Å². The Morgan fingerprint density at radius 1 is 1.32 bits per heavy atom. The summed E-state index contributed by atoms with van der Waals surface area (Å²) in [5.41, 5.74) is 5.51. The molecule has 6 heteroatoms. The summed E-state index contributed by atoms with van der Waals surface area (Å²) in [4.78, 5) is 11.6. The second-order valence-electron chi connectivity index (χ2n) is 6.02. The van der Waals surface area contributed by atoms with Crippen molar-refractivity contribution in [1.82, 2.24) is 10.9 Å². The van der Waals surface area contributed by atoms with E-state index in [0.717, 1.165) is 5.39 Å². The van der Waals surface area contributed by atoms with Gasteiger partial charge in [0.2, 0.25) is 0 Å². The molecule has 22 heavy (non-hydrogen) atoms. The van der Waals surface area contributed by atoms with Gasteiger partial charge in [-0.05, 0) is 39.8 Å². The summed E-state index contributed by atoms with van der Waals surface area (Å²) in [5, 5.41) is 0.945. The van der Waals surface area contributed by atoms with E-state index in [1.165, 1.54) is 0 Å². The summed E-state index contributed by atoms with van der Waals surface area (Å²) in [5.74, 6) is 1.37. The van der Waals surface area contributed by atoms with Gasteiger partial charge in [-0.15, -0.1) is 0 Å². The molecular formula is C16H22N2O4. The summed E-state index contributed by atoms with van der Waals surface area (Å²) in [7, 11) is 1.60. The number of amides is 1. The van der Waals surface area contributed by atoms with E-state index >= 15 is 0 Å². The summed E-state index contributed by atoms with van der Waals surface area (Å²) in [6.07, 6.45) is -0.534. The van der Waals surface area contributed by atoms with Crippen LogP contribution in [-0.4, -0.2) is 18.8 Å². The van der Waals surface area contributed by atoms with Crippen LogP contribution in [0.5, 0.6) is 5.75 Å². The van der Waals surface area contributed by atoms with Gasteiger partial charge in [-0.2, -0.15) is 0 Å². The zero-order chi connectivity index (χ0) is 16.3. The molecule has 0 saturated heterocycles. The molecule has 2 N–H and O–H groups in total. The highest BCUT2D eigenvalue weighted by molar-refractivity contribution is 5.83. The third-order valence-electron chi connectivity index (χ3n) is 2.96. The Morgan fingerprint density at radius 2 is 2.05 bits per heavy atom. The van der Waals surface area contributed by atoms with Gasteiger partial charge in [-0.3, -0.25) is 5.43 Å². The molecular weight excluding hydrogens is 284 g/mol. The molecule has 0 bridgehead atoms. The first-order valence-corrected chi connectivity index (χ1v) is 7.11. The molecule has 0 spiro atoms. The fraction of sp³-hybridized carbons (Fsp3) is 0.438. The second kappa shape index (κ2) is 6.27. The first kappa shape index (κ1) is 16.2. The highest BCUT2D eigenvalue weighted by Crippen LogP contribution is 2.30. The summed E-state index contributed by atoms with van der Waals surface area (Å²) in [6, 6.07) is 7.37. The Morgan fingerprint density at radius 3 is 2.68 bits per heavy atom. The predicted molar refractivity (Wildman–Crippen MR) is 83.7 cm³/mol. The lowest BCUT2D eigenvalue weighted by Gasteiger charge is -2.20. The lowest BCUT2D eigenvalue weighted by atomic mass is 10.2. The summed E-state index contributed by atoms with van der Waals surface area (Å²) >= 11 is 0. The number of hydrogen-bond acceptors (Lipinski definition) is 5. The maximum absolute atomic E-state index is 11.6. The van der Waals surface area contributed by atoms with Gasteiger partial charge < -0.3 is 13.9 Å². The standard InChI is InChI=1S/C16H22N2O4/c1-10(17-18-15(19)22-16(2,3)4)13-9-11-7-6-8-12(20-5)14(11)21-13/h6-10,17H,1-5H3,(H,18,19). The van der Waals surface area contributed by atoms with Gasteiger partial charge in [-0.25, -0.2) is 10.2 Å². The molecule has 1 aromatic carbocycles. The molecule has 1 unspecified atom stereocenters. The number of hydrazine groups is 1. The Kier molecular flexibility index (Phi) is 4.61. The van der Waals surface area contributed by atoms with Crippen molar-refractivity contribution in [2.24, 2.45) is 0 Å². The zero-order valence-electron chi connectivity index (χ0n) is 13.5. The van der Waals surface area contributed by atoms with E-state index in [0.29, 0.717) is 17.1 Å². The largest absolute Gasteiger partial charge is 0.493 e. The summed E-state index contributed by atoms with van der Waals surface area (Å²) < 4.78 is 16.2. The van der Waals surface area contributed by atoms with E-state index in [1.807, 2.05) is 52.0 Å². The molecule has 0 aliphatic rings. The average molecular weight is 306 g/mol. The number of furan rings is 1. The minimum atomic E-state index is -0.540. The van der Waals surface area contributed by atoms with E-state index < -0.39 is 11.7 Å². The molecule has 2 aromatic rings. The number of fused-ring (bicyclic) bond motifs is 1. The molecule has 0 radical (unpaired) electrons. The number of benzene rings is 1. The lowest BCUT2D eigenvalue weighted by Crippen LogP contribution is -2.42. The van der Waals surface area contributed by atoms with E-state index in [4.69, 9.17) is 13.9 Å². The molecule has 1 heterocycles. The molecule has 120 valence electrons. The highest BCUT2D eigenvalue weighted by Gasteiger charge is 2.18. The molecule has 1 amide bonds. The average Bonchev–Trinajstić information content (AvgIpc) is 2.86. The van der Waals surface area contributed by atoms with Gasteiger partial charge in [0.05, 0.1) is 13.2 Å². The van der Waals surface area contributed by atoms with Crippen LogP contribution >= 0.6 is 0 Å². The van der Waals surface area contributed by atoms with Gasteiger partial charge in [0.15, 0.2) is 11.3 Å². The van der Waals surface area contributed by atoms with Crippen molar-refractivity contribution in [1.29, 1.82) is 0 Å². The van der Waals surface area contributed by atoms with Crippen molar-refractivity contribution in [3.8, 4) is 5.75 Å². The minimum absolute atomic E-state index is 0.218. The van der Waals surface area contributed by atoms with Crippen LogP contribution in [-0.2, 0) is 4.74 Å². The van der Waals surface area contributed by atoms with Crippen LogP contribution in [0.1, 0.15) is 39.5 Å². The van der Waals surface area contributed by atoms with Gasteiger partial charge in [-0.1, -0.05) is 12.1 Å². The van der Waals surface area contributed by atoms with E-state index in [-0.39, 0.29) is 6.04 Å². The third kappa shape index (κ3) is 3.92. The van der Waals surface area contributed by atoms with Crippen LogP contribution < -0.4 is 15.6 Å². The Balaban J connectivity index is 2.04. The topological polar surface area (TPSA) is 72.7 Å². The molecule has 0 aliphatic carbocycles. The first-order chi connectivity index (χ1) is 10.3. The van der Waals surface area contributed by atoms with Gasteiger partial charge in [0.25, 0.3) is 0 Å². The molecule has 0 aliphatic heterocycles. The van der Waals surface area contributed by atoms with E-state index in [1.54, 1.807) is 7.11 Å². The number of para-hydroxylation sites is 1. The quantitative estimate of drug-likeness (QED) is 0.845. The normalized spacial score (nSPS) is 13.0. The highest BCUT2D eigenvalue weighted by atomic mass is 16.6. The van der Waals surface area contributed by atoms with Crippen molar-refractivity contribution >= 4 is 17.1 Å². The minimum Gasteiger partial charge on any atom is -0.493 e. The Labute approximate surface area is 129 Å². The number of ether oxygens (including phenoxy) is 2. The molecule has 0 fully saturated rings. The fourth-order valence-electron chi connectivity index (χ4n) is 1.97. The van der Waals surface area contributed by atoms with Crippen LogP contribution in [0.3, 0.4) is 0 Å². The second-order valence-corrected chi connectivity index (χ2v) is 6.02. The number of carbonyl (C=O) groups is 1. The smallest absolute Gasteiger partial charge is 0.422 e. The Bertz CT molecular complexity index is 658. The molecule has 1 atom stereocenters. The van der Waals surface area contributed by atoms with Crippen LogP contribution in [0.4, 0.5) is 4.79 Å². The fourth-order valence-corrected chi connectivity index (χ4v) is 1.97. The zero-order valence-corrected chi connectivity index (χ0v) is 13.5. The lowest BCUT2D eigenvalue weighted by molar-refractivity contribution is 0.0487. The van der Waals surface area contributed by atoms with Crippen molar-refractivity contribution in [3.63, 3.8) is 0 Å². The van der Waals surface area contributed by atoms with Crippen molar-refractivity contribution < 1.29 is 18.7 Å². The molecule has 6 nitrogen and oxygen atoms in total. The van der Waals surface area contributed by atoms with Crippen LogP contribution in [0.2, 0.25) is 0 Å². The van der Waals surface area contributed by atoms with Gasteiger partial charge >= 0.3 is 6.09 Å². The van der Waals surface area contributed by atoms with Gasteiger partial charge in [0.1, 0.15) is 11.4 Å².